The number of amides is 1. The van der Waals surface area contributed by atoms with Crippen molar-refractivity contribution in [2.45, 2.75) is 57.9 Å². The molecular formula is C20H30N2O3. The summed E-state index contributed by atoms with van der Waals surface area (Å²) in [6, 6.07) is 8.77. The molecule has 2 saturated heterocycles. The maximum absolute atomic E-state index is 12.3. The summed E-state index contributed by atoms with van der Waals surface area (Å²) >= 11 is 0. The van der Waals surface area contributed by atoms with Crippen LogP contribution in [0.1, 0.15) is 43.7 Å². The Morgan fingerprint density at radius 2 is 1.92 bits per heavy atom. The molecular weight excluding hydrogens is 316 g/mol. The maximum Gasteiger partial charge on any atom is 0.223 e. The first-order valence-corrected chi connectivity index (χ1v) is 9.49. The second-order valence-electron chi connectivity index (χ2n) is 7.23. The summed E-state index contributed by atoms with van der Waals surface area (Å²) in [6.07, 6.45) is 4.14. The van der Waals surface area contributed by atoms with Crippen LogP contribution in [0.5, 0.6) is 0 Å². The third-order valence-corrected chi connectivity index (χ3v) is 5.14. The van der Waals surface area contributed by atoms with E-state index in [0.29, 0.717) is 25.3 Å². The molecule has 0 radical (unpaired) electrons. The van der Waals surface area contributed by atoms with Gasteiger partial charge in [0.05, 0.1) is 12.7 Å². The summed E-state index contributed by atoms with van der Waals surface area (Å²) in [5.41, 5.74) is 2.30. The molecule has 3 rings (SSSR count). The molecule has 2 fully saturated rings. The van der Waals surface area contributed by atoms with Crippen LogP contribution in [0.3, 0.4) is 0 Å². The van der Waals surface area contributed by atoms with E-state index in [4.69, 9.17) is 9.47 Å². The van der Waals surface area contributed by atoms with Crippen LogP contribution in [0.2, 0.25) is 0 Å². The summed E-state index contributed by atoms with van der Waals surface area (Å²) in [7, 11) is 0. The second-order valence-corrected chi connectivity index (χ2v) is 7.23. The normalized spacial score (nSPS) is 24.8. The number of nitrogens with one attached hydrogen (secondary N) is 2. The van der Waals surface area contributed by atoms with Crippen molar-refractivity contribution in [1.82, 2.24) is 10.6 Å². The molecule has 5 heteroatoms. The number of rotatable bonds is 6. The Morgan fingerprint density at radius 1 is 1.20 bits per heavy atom. The highest BCUT2D eigenvalue weighted by Crippen LogP contribution is 2.17. The lowest BCUT2D eigenvalue weighted by Crippen LogP contribution is -2.42. The van der Waals surface area contributed by atoms with Gasteiger partial charge in [0.1, 0.15) is 0 Å². The van der Waals surface area contributed by atoms with Gasteiger partial charge in [0.2, 0.25) is 5.91 Å². The molecule has 138 valence electrons. The number of ether oxygens (including phenoxy) is 2. The van der Waals surface area contributed by atoms with Crippen LogP contribution in [-0.2, 0) is 27.4 Å². The molecule has 1 amide bonds. The average molecular weight is 346 g/mol. The van der Waals surface area contributed by atoms with Crippen molar-refractivity contribution in [1.29, 1.82) is 0 Å². The molecule has 0 unspecified atom stereocenters. The van der Waals surface area contributed by atoms with Crippen molar-refractivity contribution in [3.8, 4) is 0 Å². The predicted molar refractivity (Wildman–Crippen MR) is 97.1 cm³/mol. The van der Waals surface area contributed by atoms with Crippen LogP contribution < -0.4 is 10.6 Å². The quantitative estimate of drug-likeness (QED) is 0.830. The Hall–Kier alpha value is -1.43. The Morgan fingerprint density at radius 3 is 2.64 bits per heavy atom. The lowest BCUT2D eigenvalue weighted by Gasteiger charge is -2.27. The SMILES string of the molecule is C[C@H]1C[C@@H](C(=O)NCc2ccc(COC3CCOCC3)cc2)CCN1. The molecule has 2 atom stereocenters. The van der Waals surface area contributed by atoms with Gasteiger partial charge >= 0.3 is 0 Å². The minimum absolute atomic E-state index is 0.142. The zero-order valence-corrected chi connectivity index (χ0v) is 15.1. The number of piperidine rings is 1. The summed E-state index contributed by atoms with van der Waals surface area (Å²) in [6.45, 7) is 5.92. The summed E-state index contributed by atoms with van der Waals surface area (Å²) in [4.78, 5) is 12.3. The Bertz CT molecular complexity index is 540. The molecule has 2 heterocycles. The van der Waals surface area contributed by atoms with E-state index in [0.717, 1.165) is 51.0 Å². The Kier molecular flexibility index (Phi) is 6.84. The van der Waals surface area contributed by atoms with Crippen LogP contribution >= 0.6 is 0 Å². The topological polar surface area (TPSA) is 59.6 Å². The monoisotopic (exact) mass is 346 g/mol. The summed E-state index contributed by atoms with van der Waals surface area (Å²) < 4.78 is 11.3. The van der Waals surface area contributed by atoms with E-state index in [-0.39, 0.29) is 11.8 Å². The van der Waals surface area contributed by atoms with Crippen molar-refractivity contribution < 1.29 is 14.3 Å². The van der Waals surface area contributed by atoms with Crippen LogP contribution in [0.15, 0.2) is 24.3 Å². The van der Waals surface area contributed by atoms with Gasteiger partial charge < -0.3 is 20.1 Å². The van der Waals surface area contributed by atoms with Crippen LogP contribution in [0, 0.1) is 5.92 Å². The first-order valence-electron chi connectivity index (χ1n) is 9.49. The maximum atomic E-state index is 12.3. The van der Waals surface area contributed by atoms with Crippen molar-refractivity contribution >= 4 is 5.91 Å². The first kappa shape index (κ1) is 18.4. The molecule has 1 aromatic carbocycles. The molecule has 5 nitrogen and oxygen atoms in total. The number of carbonyl (C=O) groups is 1. The highest BCUT2D eigenvalue weighted by molar-refractivity contribution is 5.78. The van der Waals surface area contributed by atoms with Gasteiger partial charge in [-0.05, 0) is 50.3 Å². The molecule has 0 aliphatic carbocycles. The molecule has 2 N–H and O–H groups in total. The molecule has 0 spiro atoms. The van der Waals surface area contributed by atoms with Gasteiger partial charge in [0.25, 0.3) is 0 Å². The average Bonchev–Trinajstić information content (AvgIpc) is 2.66. The van der Waals surface area contributed by atoms with Gasteiger partial charge in [-0.3, -0.25) is 4.79 Å². The smallest absolute Gasteiger partial charge is 0.223 e. The molecule has 25 heavy (non-hydrogen) atoms. The van der Waals surface area contributed by atoms with Crippen LogP contribution in [0.4, 0.5) is 0 Å². The van der Waals surface area contributed by atoms with E-state index in [2.05, 4.69) is 41.8 Å². The molecule has 1 aromatic rings. The number of carbonyl (C=O) groups excluding carboxylic acids is 1. The predicted octanol–water partition coefficient (Wildman–Crippen LogP) is 2.39. The first-order chi connectivity index (χ1) is 12.2. The third kappa shape index (κ3) is 5.80. The zero-order valence-electron chi connectivity index (χ0n) is 15.1. The van der Waals surface area contributed by atoms with Crippen molar-refractivity contribution in [2.24, 2.45) is 5.92 Å². The fourth-order valence-corrected chi connectivity index (χ4v) is 3.51. The van der Waals surface area contributed by atoms with Gasteiger partial charge in [-0.2, -0.15) is 0 Å². The van der Waals surface area contributed by atoms with Crippen LogP contribution in [-0.4, -0.2) is 37.8 Å². The number of benzene rings is 1. The van der Waals surface area contributed by atoms with Gasteiger partial charge in [0, 0.05) is 31.7 Å². The van der Waals surface area contributed by atoms with Crippen molar-refractivity contribution in [3.05, 3.63) is 35.4 Å². The van der Waals surface area contributed by atoms with Crippen molar-refractivity contribution in [2.75, 3.05) is 19.8 Å². The van der Waals surface area contributed by atoms with Crippen LogP contribution in [0.25, 0.3) is 0 Å². The highest BCUT2D eigenvalue weighted by Gasteiger charge is 2.24. The summed E-state index contributed by atoms with van der Waals surface area (Å²) in [5, 5.41) is 6.46. The summed E-state index contributed by atoms with van der Waals surface area (Å²) in [5.74, 6) is 0.323. The fraction of sp³-hybridized carbons (Fsp3) is 0.650. The lowest BCUT2D eigenvalue weighted by molar-refractivity contribution is -0.126. The second kappa shape index (κ2) is 9.32. The van der Waals surface area contributed by atoms with Gasteiger partial charge in [-0.25, -0.2) is 0 Å². The molecule has 0 saturated carbocycles. The standard InChI is InChI=1S/C20H30N2O3/c1-15-12-18(6-9-21-15)20(23)22-13-16-2-4-17(5-3-16)14-25-19-7-10-24-11-8-19/h2-5,15,18-19,21H,6-14H2,1H3,(H,22,23)/t15-,18-/m0/s1. The number of hydrogen-bond acceptors (Lipinski definition) is 4. The molecule has 2 aliphatic heterocycles. The Labute approximate surface area is 150 Å². The molecule has 2 aliphatic rings. The van der Waals surface area contributed by atoms with Gasteiger partial charge in [-0.1, -0.05) is 24.3 Å². The van der Waals surface area contributed by atoms with Gasteiger partial charge in [-0.15, -0.1) is 0 Å². The Balaban J connectivity index is 1.40. The fourth-order valence-electron chi connectivity index (χ4n) is 3.51. The zero-order chi connectivity index (χ0) is 17.5. The van der Waals surface area contributed by atoms with E-state index in [1.165, 1.54) is 5.56 Å². The van der Waals surface area contributed by atoms with E-state index >= 15 is 0 Å². The minimum atomic E-state index is 0.142. The number of hydrogen-bond donors (Lipinski definition) is 2. The third-order valence-electron chi connectivity index (χ3n) is 5.14. The molecule has 0 bridgehead atoms. The van der Waals surface area contributed by atoms with Gasteiger partial charge in [0.15, 0.2) is 0 Å². The van der Waals surface area contributed by atoms with E-state index in [9.17, 15) is 4.79 Å². The highest BCUT2D eigenvalue weighted by atomic mass is 16.5. The van der Waals surface area contributed by atoms with E-state index in [1.54, 1.807) is 0 Å². The van der Waals surface area contributed by atoms with Crippen molar-refractivity contribution in [3.63, 3.8) is 0 Å². The van der Waals surface area contributed by atoms with E-state index < -0.39 is 0 Å². The van der Waals surface area contributed by atoms with E-state index in [1.807, 2.05) is 0 Å². The lowest BCUT2D eigenvalue weighted by atomic mass is 9.92. The minimum Gasteiger partial charge on any atom is -0.381 e. The molecule has 0 aromatic heterocycles. The largest absolute Gasteiger partial charge is 0.381 e.